The topological polar surface area (TPSA) is 48.7 Å². The Morgan fingerprint density at radius 3 is 2.64 bits per heavy atom. The zero-order chi connectivity index (χ0) is 15.5. The summed E-state index contributed by atoms with van der Waals surface area (Å²) in [7, 11) is 2.02. The maximum absolute atomic E-state index is 12.5. The number of nitrogens with zero attached hydrogens (tertiary/aromatic N) is 3. The van der Waals surface area contributed by atoms with Gasteiger partial charge in [0.05, 0.1) is 13.0 Å². The van der Waals surface area contributed by atoms with Crippen molar-refractivity contribution in [2.24, 2.45) is 7.05 Å². The predicted octanol–water partition coefficient (Wildman–Crippen LogP) is 0.857. The lowest BCUT2D eigenvalue weighted by Gasteiger charge is -2.34. The van der Waals surface area contributed by atoms with Gasteiger partial charge >= 0.3 is 0 Å². The van der Waals surface area contributed by atoms with E-state index in [9.17, 15) is 4.79 Å². The summed E-state index contributed by atoms with van der Waals surface area (Å²) >= 11 is 0. The molecule has 3 rings (SSSR count). The van der Waals surface area contributed by atoms with Gasteiger partial charge in [-0.05, 0) is 11.6 Å². The molecule has 0 aliphatic carbocycles. The van der Waals surface area contributed by atoms with Gasteiger partial charge < -0.3 is 14.6 Å². The van der Waals surface area contributed by atoms with Crippen LogP contribution in [-0.2, 0) is 18.3 Å². The van der Waals surface area contributed by atoms with Crippen LogP contribution in [0, 0.1) is 0 Å². The number of aliphatic hydroxyl groups excluding tert-OH is 1. The number of aromatic nitrogens is 1. The molecule has 1 fully saturated rings. The van der Waals surface area contributed by atoms with E-state index in [1.54, 1.807) is 0 Å². The van der Waals surface area contributed by atoms with Crippen molar-refractivity contribution < 1.29 is 9.90 Å². The highest BCUT2D eigenvalue weighted by Crippen LogP contribution is 2.21. The first-order valence-corrected chi connectivity index (χ1v) is 7.83. The van der Waals surface area contributed by atoms with E-state index in [-0.39, 0.29) is 12.5 Å². The molecule has 0 radical (unpaired) electrons. The molecule has 1 aliphatic heterocycles. The van der Waals surface area contributed by atoms with Crippen LogP contribution in [0.15, 0.2) is 30.5 Å². The van der Waals surface area contributed by atoms with Gasteiger partial charge in [-0.15, -0.1) is 0 Å². The van der Waals surface area contributed by atoms with E-state index in [0.717, 1.165) is 42.6 Å². The Morgan fingerprint density at radius 1 is 1.18 bits per heavy atom. The van der Waals surface area contributed by atoms with Crippen LogP contribution in [0.1, 0.15) is 5.56 Å². The number of fused-ring (bicyclic) bond motifs is 1. The Balaban J connectivity index is 1.67. The maximum Gasteiger partial charge on any atom is 0.227 e. The van der Waals surface area contributed by atoms with E-state index >= 15 is 0 Å². The molecule has 0 spiro atoms. The molecule has 2 heterocycles. The number of piperazine rings is 1. The number of β-amino-alcohol motifs (C(OH)–C–C–N with tert-alkyl or cyclic N) is 1. The fourth-order valence-electron chi connectivity index (χ4n) is 3.20. The van der Waals surface area contributed by atoms with Crippen LogP contribution >= 0.6 is 0 Å². The normalized spacial score (nSPS) is 16.4. The highest BCUT2D eigenvalue weighted by molar-refractivity contribution is 5.89. The van der Waals surface area contributed by atoms with Gasteiger partial charge in [-0.2, -0.15) is 0 Å². The lowest BCUT2D eigenvalue weighted by molar-refractivity contribution is -0.132. The number of para-hydroxylation sites is 1. The molecule has 118 valence electrons. The van der Waals surface area contributed by atoms with Crippen LogP contribution in [0.25, 0.3) is 10.9 Å². The lowest BCUT2D eigenvalue weighted by atomic mass is 10.1. The average molecular weight is 301 g/mol. The molecule has 1 aromatic heterocycles. The summed E-state index contributed by atoms with van der Waals surface area (Å²) in [4.78, 5) is 16.7. The molecule has 0 atom stereocenters. The Hall–Kier alpha value is -1.85. The number of aryl methyl sites for hydroxylation is 1. The Bertz CT molecular complexity index is 657. The summed E-state index contributed by atoms with van der Waals surface area (Å²) in [5.41, 5.74) is 2.26. The second-order valence-corrected chi connectivity index (χ2v) is 5.91. The van der Waals surface area contributed by atoms with Crippen LogP contribution in [0.2, 0.25) is 0 Å². The molecule has 1 saturated heterocycles. The van der Waals surface area contributed by atoms with Gasteiger partial charge in [0.1, 0.15) is 0 Å². The third-order valence-corrected chi connectivity index (χ3v) is 4.46. The van der Waals surface area contributed by atoms with Gasteiger partial charge in [0, 0.05) is 56.9 Å². The summed E-state index contributed by atoms with van der Waals surface area (Å²) in [6, 6.07) is 8.20. The van der Waals surface area contributed by atoms with Crippen molar-refractivity contribution >= 4 is 16.8 Å². The molecule has 0 saturated carbocycles. The standard InChI is InChI=1S/C17H23N3O2/c1-18-13-14(15-4-2-3-5-16(15)18)12-17(22)20-8-6-19(7-9-20)10-11-21/h2-5,13,21H,6-12H2,1H3. The average Bonchev–Trinajstić information content (AvgIpc) is 2.85. The number of benzene rings is 1. The molecule has 1 aromatic carbocycles. The zero-order valence-electron chi connectivity index (χ0n) is 13.0. The Kier molecular flexibility index (Phi) is 4.45. The lowest BCUT2D eigenvalue weighted by Crippen LogP contribution is -2.49. The summed E-state index contributed by atoms with van der Waals surface area (Å²) in [5, 5.41) is 10.1. The summed E-state index contributed by atoms with van der Waals surface area (Å²) in [5.74, 6) is 0.194. The van der Waals surface area contributed by atoms with Crippen LogP contribution in [0.4, 0.5) is 0 Å². The molecule has 2 aromatic rings. The number of amides is 1. The summed E-state index contributed by atoms with van der Waals surface area (Å²) < 4.78 is 2.08. The van der Waals surface area contributed by atoms with Crippen LogP contribution in [0.5, 0.6) is 0 Å². The van der Waals surface area contributed by atoms with Crippen LogP contribution in [0.3, 0.4) is 0 Å². The molecule has 1 N–H and O–H groups in total. The van der Waals surface area contributed by atoms with Crippen LogP contribution < -0.4 is 0 Å². The number of aliphatic hydroxyl groups is 1. The number of carbonyl (C=O) groups excluding carboxylic acids is 1. The van der Waals surface area contributed by atoms with Gasteiger partial charge in [0.15, 0.2) is 0 Å². The van der Waals surface area contributed by atoms with E-state index in [4.69, 9.17) is 5.11 Å². The van der Waals surface area contributed by atoms with Gasteiger partial charge in [-0.3, -0.25) is 9.69 Å². The molecular formula is C17H23N3O2. The van der Waals surface area contributed by atoms with E-state index < -0.39 is 0 Å². The third kappa shape index (κ3) is 3.00. The minimum Gasteiger partial charge on any atom is -0.395 e. The molecular weight excluding hydrogens is 278 g/mol. The fourth-order valence-corrected chi connectivity index (χ4v) is 3.20. The monoisotopic (exact) mass is 301 g/mol. The number of carbonyl (C=O) groups is 1. The Morgan fingerprint density at radius 2 is 1.91 bits per heavy atom. The molecule has 5 nitrogen and oxygen atoms in total. The summed E-state index contributed by atoms with van der Waals surface area (Å²) in [6.45, 7) is 4.09. The van der Waals surface area contributed by atoms with Crippen molar-refractivity contribution in [3.63, 3.8) is 0 Å². The number of hydrogen-bond acceptors (Lipinski definition) is 3. The van der Waals surface area contributed by atoms with Crippen molar-refractivity contribution in [3.05, 3.63) is 36.0 Å². The molecule has 22 heavy (non-hydrogen) atoms. The largest absolute Gasteiger partial charge is 0.395 e. The second-order valence-electron chi connectivity index (χ2n) is 5.91. The SMILES string of the molecule is Cn1cc(CC(=O)N2CCN(CCO)CC2)c2ccccc21. The van der Waals surface area contributed by atoms with Gasteiger partial charge in [0.2, 0.25) is 5.91 Å². The molecule has 1 amide bonds. The van der Waals surface area contributed by atoms with E-state index in [1.807, 2.05) is 24.1 Å². The smallest absolute Gasteiger partial charge is 0.227 e. The molecule has 0 bridgehead atoms. The number of rotatable bonds is 4. The predicted molar refractivity (Wildman–Crippen MR) is 86.7 cm³/mol. The van der Waals surface area contributed by atoms with Crippen molar-refractivity contribution in [2.75, 3.05) is 39.3 Å². The van der Waals surface area contributed by atoms with Gasteiger partial charge in [0.25, 0.3) is 0 Å². The van der Waals surface area contributed by atoms with E-state index in [1.165, 1.54) is 0 Å². The fraction of sp³-hybridized carbons (Fsp3) is 0.471. The maximum atomic E-state index is 12.5. The highest BCUT2D eigenvalue weighted by atomic mass is 16.3. The minimum atomic E-state index is 0.184. The molecule has 1 aliphatic rings. The van der Waals surface area contributed by atoms with Gasteiger partial charge in [-0.1, -0.05) is 18.2 Å². The van der Waals surface area contributed by atoms with E-state index in [2.05, 4.69) is 27.8 Å². The highest BCUT2D eigenvalue weighted by Gasteiger charge is 2.21. The van der Waals surface area contributed by atoms with Crippen molar-refractivity contribution in [1.82, 2.24) is 14.4 Å². The van der Waals surface area contributed by atoms with Gasteiger partial charge in [-0.25, -0.2) is 0 Å². The molecule has 0 unspecified atom stereocenters. The van der Waals surface area contributed by atoms with E-state index in [0.29, 0.717) is 13.0 Å². The summed E-state index contributed by atoms with van der Waals surface area (Å²) in [6.07, 6.45) is 2.52. The first kappa shape index (κ1) is 15.1. The van der Waals surface area contributed by atoms with Crippen molar-refractivity contribution in [2.45, 2.75) is 6.42 Å². The zero-order valence-corrected chi connectivity index (χ0v) is 13.0. The number of hydrogen-bond donors (Lipinski definition) is 1. The minimum absolute atomic E-state index is 0.184. The van der Waals surface area contributed by atoms with Crippen molar-refractivity contribution in [3.8, 4) is 0 Å². The third-order valence-electron chi connectivity index (χ3n) is 4.46. The first-order valence-electron chi connectivity index (χ1n) is 7.83. The molecule has 5 heteroatoms. The van der Waals surface area contributed by atoms with Crippen LogP contribution in [-0.4, -0.2) is 64.7 Å². The second kappa shape index (κ2) is 6.50. The quantitative estimate of drug-likeness (QED) is 0.911. The van der Waals surface area contributed by atoms with Crippen molar-refractivity contribution in [1.29, 1.82) is 0 Å². The first-order chi connectivity index (χ1) is 10.7. The Labute approximate surface area is 130 Å².